The number of carboxylic acids is 1. The van der Waals surface area contributed by atoms with Gasteiger partial charge in [-0.05, 0) is 48.2 Å². The van der Waals surface area contributed by atoms with Crippen molar-refractivity contribution in [3.63, 3.8) is 0 Å². The van der Waals surface area contributed by atoms with E-state index in [2.05, 4.69) is 10.3 Å². The Balaban J connectivity index is 1.70. The summed E-state index contributed by atoms with van der Waals surface area (Å²) in [6.45, 7) is 0.430. The molecule has 0 unspecified atom stereocenters. The van der Waals surface area contributed by atoms with Crippen molar-refractivity contribution < 1.29 is 14.6 Å². The lowest BCUT2D eigenvalue weighted by Crippen LogP contribution is -2.20. The molecule has 130 valence electrons. The van der Waals surface area contributed by atoms with Crippen LogP contribution in [0.3, 0.4) is 0 Å². The van der Waals surface area contributed by atoms with E-state index in [9.17, 15) is 4.79 Å². The molecule has 0 amide bonds. The molecule has 25 heavy (non-hydrogen) atoms. The molecule has 2 aromatic rings. The summed E-state index contributed by atoms with van der Waals surface area (Å²) in [5.41, 5.74) is 2.10. The summed E-state index contributed by atoms with van der Waals surface area (Å²) < 4.78 is 5.18. The van der Waals surface area contributed by atoms with Crippen molar-refractivity contribution in [2.75, 3.05) is 13.2 Å². The van der Waals surface area contributed by atoms with Gasteiger partial charge in [0, 0.05) is 18.9 Å². The number of benzene rings is 1. The highest BCUT2D eigenvalue weighted by Crippen LogP contribution is 2.14. The predicted molar refractivity (Wildman–Crippen MR) is 102 cm³/mol. The molecule has 5 nitrogen and oxygen atoms in total. The Kier molecular flexibility index (Phi) is 7.59. The number of carboxylic acid groups (broad SMARTS) is 1. The second kappa shape index (κ2) is 10.2. The standard InChI is InChI=1S/C19H20N2O3S/c22-19(23)14-24-17-7-1-4-15(12-17)5-3-11-21-18(25)9-8-16-6-2-10-20-13-16/h1-2,4,6-10,12-13H,3,5,11,14H2,(H,21,25)(H,22,23)/b9-8+. The van der Waals surface area contributed by atoms with Crippen molar-refractivity contribution in [1.82, 2.24) is 10.3 Å². The monoisotopic (exact) mass is 356 g/mol. The summed E-state index contributed by atoms with van der Waals surface area (Å²) in [6, 6.07) is 11.3. The maximum absolute atomic E-state index is 10.5. The van der Waals surface area contributed by atoms with Gasteiger partial charge in [0.2, 0.25) is 0 Å². The molecule has 0 aliphatic heterocycles. The number of hydrogen-bond acceptors (Lipinski definition) is 4. The minimum Gasteiger partial charge on any atom is -0.482 e. The number of hydrogen-bond donors (Lipinski definition) is 2. The van der Waals surface area contributed by atoms with Gasteiger partial charge in [-0.2, -0.15) is 0 Å². The summed E-state index contributed by atoms with van der Waals surface area (Å²) in [5.74, 6) is -0.412. The van der Waals surface area contributed by atoms with Crippen LogP contribution in [0.15, 0.2) is 54.9 Å². The lowest BCUT2D eigenvalue weighted by atomic mass is 10.1. The van der Waals surface area contributed by atoms with Crippen molar-refractivity contribution in [3.8, 4) is 5.75 Å². The number of ether oxygens (including phenoxy) is 1. The topological polar surface area (TPSA) is 71.5 Å². The van der Waals surface area contributed by atoms with Gasteiger partial charge >= 0.3 is 5.97 Å². The third kappa shape index (κ3) is 7.58. The molecule has 0 spiro atoms. The number of rotatable bonds is 9. The predicted octanol–water partition coefficient (Wildman–Crippen LogP) is 3.11. The number of aliphatic carboxylic acids is 1. The first-order valence-corrected chi connectivity index (χ1v) is 8.34. The summed E-state index contributed by atoms with van der Waals surface area (Å²) >= 11 is 5.27. The van der Waals surface area contributed by atoms with Gasteiger partial charge in [0.15, 0.2) is 6.61 Å². The molecule has 0 radical (unpaired) electrons. The first-order valence-electron chi connectivity index (χ1n) is 7.93. The fourth-order valence-corrected chi connectivity index (χ4v) is 2.32. The van der Waals surface area contributed by atoms with Crippen LogP contribution < -0.4 is 10.1 Å². The van der Waals surface area contributed by atoms with Crippen molar-refractivity contribution in [2.45, 2.75) is 12.8 Å². The minimum atomic E-state index is -0.984. The van der Waals surface area contributed by atoms with E-state index in [1.807, 2.05) is 42.5 Å². The number of aromatic nitrogens is 1. The van der Waals surface area contributed by atoms with E-state index in [1.54, 1.807) is 18.5 Å². The Morgan fingerprint density at radius 2 is 2.20 bits per heavy atom. The van der Waals surface area contributed by atoms with Crippen LogP contribution in [0.1, 0.15) is 17.5 Å². The van der Waals surface area contributed by atoms with Crippen molar-refractivity contribution in [1.29, 1.82) is 0 Å². The molecule has 0 saturated carbocycles. The molecule has 0 saturated heterocycles. The molecule has 1 aromatic heterocycles. The first-order chi connectivity index (χ1) is 12.1. The van der Waals surface area contributed by atoms with E-state index in [-0.39, 0.29) is 6.61 Å². The molecule has 6 heteroatoms. The number of thiocarbonyl (C=S) groups is 1. The Labute approximate surface area is 152 Å². The van der Waals surface area contributed by atoms with Gasteiger partial charge in [-0.15, -0.1) is 0 Å². The zero-order chi connectivity index (χ0) is 17.9. The maximum atomic E-state index is 10.5. The molecular weight excluding hydrogens is 336 g/mol. The number of nitrogens with one attached hydrogen (secondary N) is 1. The number of nitrogens with zero attached hydrogens (tertiary/aromatic N) is 1. The second-order valence-corrected chi connectivity index (χ2v) is 5.78. The quantitative estimate of drug-likeness (QED) is 0.409. The molecule has 2 rings (SSSR count). The van der Waals surface area contributed by atoms with Crippen LogP contribution in [0.5, 0.6) is 5.75 Å². The largest absolute Gasteiger partial charge is 0.482 e. The lowest BCUT2D eigenvalue weighted by molar-refractivity contribution is -0.139. The van der Waals surface area contributed by atoms with Crippen molar-refractivity contribution in [3.05, 3.63) is 66.0 Å². The van der Waals surface area contributed by atoms with Crippen LogP contribution in [0, 0.1) is 0 Å². The summed E-state index contributed by atoms with van der Waals surface area (Å²) in [4.78, 5) is 15.2. The third-order valence-electron chi connectivity index (χ3n) is 3.31. The Morgan fingerprint density at radius 3 is 2.96 bits per heavy atom. The average Bonchev–Trinajstić information content (AvgIpc) is 2.63. The van der Waals surface area contributed by atoms with Crippen LogP contribution >= 0.6 is 12.2 Å². The van der Waals surface area contributed by atoms with E-state index < -0.39 is 5.97 Å². The fourth-order valence-electron chi connectivity index (χ4n) is 2.15. The zero-order valence-electron chi connectivity index (χ0n) is 13.7. The van der Waals surface area contributed by atoms with Gasteiger partial charge in [0.05, 0.1) is 4.99 Å². The van der Waals surface area contributed by atoms with Gasteiger partial charge < -0.3 is 15.2 Å². The van der Waals surface area contributed by atoms with Crippen LogP contribution in [0.2, 0.25) is 0 Å². The van der Waals surface area contributed by atoms with Crippen LogP contribution in [0.25, 0.3) is 6.08 Å². The summed E-state index contributed by atoms with van der Waals surface area (Å²) in [6.07, 6.45) is 9.04. The highest BCUT2D eigenvalue weighted by molar-refractivity contribution is 7.80. The molecule has 2 N–H and O–H groups in total. The lowest BCUT2D eigenvalue weighted by Gasteiger charge is -2.07. The molecule has 1 aromatic carbocycles. The molecule has 0 bridgehead atoms. The van der Waals surface area contributed by atoms with Gasteiger partial charge in [0.1, 0.15) is 5.75 Å². The van der Waals surface area contributed by atoms with E-state index >= 15 is 0 Å². The van der Waals surface area contributed by atoms with Gasteiger partial charge in [0.25, 0.3) is 0 Å². The third-order valence-corrected chi connectivity index (χ3v) is 3.59. The smallest absolute Gasteiger partial charge is 0.341 e. The summed E-state index contributed by atoms with van der Waals surface area (Å²) in [5, 5.41) is 11.8. The fraction of sp³-hybridized carbons (Fsp3) is 0.211. The minimum absolute atomic E-state index is 0.331. The Morgan fingerprint density at radius 1 is 1.32 bits per heavy atom. The van der Waals surface area contributed by atoms with Gasteiger partial charge in [-0.3, -0.25) is 4.98 Å². The Bertz CT molecular complexity index is 732. The van der Waals surface area contributed by atoms with Crippen LogP contribution in [-0.4, -0.2) is 34.2 Å². The molecular formula is C19H20N2O3S. The van der Waals surface area contributed by atoms with E-state index in [0.717, 1.165) is 30.5 Å². The average molecular weight is 356 g/mol. The first kappa shape index (κ1) is 18.6. The van der Waals surface area contributed by atoms with Crippen LogP contribution in [0.4, 0.5) is 0 Å². The number of pyridine rings is 1. The highest BCUT2D eigenvalue weighted by Gasteiger charge is 2.01. The van der Waals surface area contributed by atoms with Gasteiger partial charge in [-0.25, -0.2) is 4.79 Å². The SMILES string of the molecule is O=C(O)COc1cccc(CCCNC(=S)/C=C/c2cccnc2)c1. The molecule has 0 aliphatic carbocycles. The normalized spacial score (nSPS) is 10.6. The number of aryl methyl sites for hydroxylation is 1. The molecule has 1 heterocycles. The van der Waals surface area contributed by atoms with Crippen molar-refractivity contribution in [2.24, 2.45) is 0 Å². The van der Waals surface area contributed by atoms with E-state index in [0.29, 0.717) is 10.7 Å². The molecule has 0 atom stereocenters. The van der Waals surface area contributed by atoms with E-state index in [1.165, 1.54) is 0 Å². The van der Waals surface area contributed by atoms with Crippen molar-refractivity contribution >= 4 is 29.3 Å². The zero-order valence-corrected chi connectivity index (χ0v) is 14.5. The molecule has 0 aliphatic rings. The second-order valence-electron chi connectivity index (χ2n) is 5.34. The summed E-state index contributed by atoms with van der Waals surface area (Å²) in [7, 11) is 0. The van der Waals surface area contributed by atoms with E-state index in [4.69, 9.17) is 22.1 Å². The highest BCUT2D eigenvalue weighted by atomic mass is 32.1. The maximum Gasteiger partial charge on any atom is 0.341 e. The van der Waals surface area contributed by atoms with Gasteiger partial charge in [-0.1, -0.05) is 36.5 Å². The Hall–Kier alpha value is -2.73. The van der Waals surface area contributed by atoms with Crippen LogP contribution in [-0.2, 0) is 11.2 Å². The molecule has 0 fully saturated rings. The number of carbonyl (C=O) groups is 1.